The lowest BCUT2D eigenvalue weighted by atomic mass is 10.0. The van der Waals surface area contributed by atoms with Gasteiger partial charge in [0, 0.05) is 18.0 Å². The van der Waals surface area contributed by atoms with E-state index in [0.717, 1.165) is 19.1 Å². The number of nitrogens with two attached hydrogens (primary N) is 1. The zero-order valence-electron chi connectivity index (χ0n) is 12.7. The first-order valence-corrected chi connectivity index (χ1v) is 6.66. The van der Waals surface area contributed by atoms with Gasteiger partial charge in [0.05, 0.1) is 17.2 Å². The molecule has 1 rings (SSSR count). The van der Waals surface area contributed by atoms with Crippen LogP contribution in [0.1, 0.15) is 24.5 Å². The first-order valence-electron chi connectivity index (χ1n) is 6.66. The molecule has 5 nitrogen and oxygen atoms in total. The van der Waals surface area contributed by atoms with Crippen LogP contribution in [0.5, 0.6) is 0 Å². The van der Waals surface area contributed by atoms with E-state index in [-0.39, 0.29) is 5.69 Å². The summed E-state index contributed by atoms with van der Waals surface area (Å²) in [5, 5.41) is 13.3. The highest BCUT2D eigenvalue weighted by Crippen LogP contribution is 2.33. The Morgan fingerprint density at radius 1 is 1.32 bits per heavy atom. The zero-order valence-corrected chi connectivity index (χ0v) is 12.7. The minimum Gasteiger partial charge on any atom is -0.326 e. The molecule has 0 aliphatic rings. The predicted molar refractivity (Wildman–Crippen MR) is 76.2 cm³/mol. The van der Waals surface area contributed by atoms with E-state index < -0.39 is 47.4 Å². The van der Waals surface area contributed by atoms with Crippen molar-refractivity contribution in [1.82, 2.24) is 0 Å². The molecule has 1 unspecified atom stereocenters. The Morgan fingerprint density at radius 2 is 1.92 bits per heavy atom. The Morgan fingerprint density at radius 3 is 2.36 bits per heavy atom. The van der Waals surface area contributed by atoms with Crippen LogP contribution in [-0.4, -0.2) is 17.8 Å². The van der Waals surface area contributed by atoms with Crippen molar-refractivity contribution in [1.29, 1.82) is 5.26 Å². The number of hydrogen-bond acceptors (Lipinski definition) is 4. The molecule has 0 aliphatic heterocycles. The topological polar surface area (TPSA) is 91.3 Å². The summed E-state index contributed by atoms with van der Waals surface area (Å²) in [5.41, 5.74) is -3.58. The van der Waals surface area contributed by atoms with Crippen LogP contribution in [0.15, 0.2) is 23.3 Å². The number of amides is 1. The SMILES string of the molecule is CC(C/C(=N\N)C(F)(F)F)C(=O)Nc1ccc(C#N)c(C(F)(F)F)c1. The maximum absolute atomic E-state index is 12.8. The van der Waals surface area contributed by atoms with Gasteiger partial charge in [0.25, 0.3) is 0 Å². The molecule has 0 saturated heterocycles. The van der Waals surface area contributed by atoms with E-state index in [1.54, 1.807) is 0 Å². The number of anilines is 1. The van der Waals surface area contributed by atoms with E-state index in [9.17, 15) is 31.1 Å². The Kier molecular flexibility index (Phi) is 6.01. The lowest BCUT2D eigenvalue weighted by Gasteiger charge is -2.16. The van der Waals surface area contributed by atoms with Gasteiger partial charge in [-0.2, -0.15) is 36.7 Å². The van der Waals surface area contributed by atoms with Crippen molar-refractivity contribution >= 4 is 17.3 Å². The highest BCUT2D eigenvalue weighted by Gasteiger charge is 2.38. The zero-order chi connectivity index (χ0) is 19.4. The lowest BCUT2D eigenvalue weighted by Crippen LogP contribution is -2.30. The van der Waals surface area contributed by atoms with Gasteiger partial charge in [-0.3, -0.25) is 4.79 Å². The average molecular weight is 366 g/mol. The molecule has 0 aliphatic carbocycles. The number of hydrazone groups is 1. The number of nitriles is 1. The monoisotopic (exact) mass is 366 g/mol. The largest absolute Gasteiger partial charge is 0.431 e. The van der Waals surface area contributed by atoms with Crippen LogP contribution >= 0.6 is 0 Å². The third-order valence-electron chi connectivity index (χ3n) is 3.14. The lowest BCUT2D eigenvalue weighted by molar-refractivity contribution is -0.137. The number of hydrogen-bond donors (Lipinski definition) is 2. The molecule has 1 aromatic carbocycles. The highest BCUT2D eigenvalue weighted by atomic mass is 19.4. The first kappa shape index (κ1) is 20.3. The van der Waals surface area contributed by atoms with Crippen LogP contribution in [0, 0.1) is 17.2 Å². The van der Waals surface area contributed by atoms with Crippen LogP contribution in [0.2, 0.25) is 0 Å². The third-order valence-corrected chi connectivity index (χ3v) is 3.14. The first-order chi connectivity index (χ1) is 11.4. The van der Waals surface area contributed by atoms with Gasteiger partial charge in [-0.05, 0) is 18.2 Å². The fourth-order valence-corrected chi connectivity index (χ4v) is 1.84. The summed E-state index contributed by atoms with van der Waals surface area (Å²) in [5.74, 6) is 2.43. The van der Waals surface area contributed by atoms with Gasteiger partial charge < -0.3 is 11.2 Å². The van der Waals surface area contributed by atoms with Gasteiger partial charge in [-0.25, -0.2) is 0 Å². The maximum atomic E-state index is 12.8. The van der Waals surface area contributed by atoms with Crippen LogP contribution < -0.4 is 11.2 Å². The van der Waals surface area contributed by atoms with Crippen LogP contribution in [0.25, 0.3) is 0 Å². The Hall–Kier alpha value is -2.77. The molecule has 1 amide bonds. The Bertz CT molecular complexity index is 718. The fraction of sp³-hybridized carbons (Fsp3) is 0.357. The number of carbonyl (C=O) groups is 1. The van der Waals surface area contributed by atoms with Gasteiger partial charge in [-0.1, -0.05) is 6.92 Å². The standard InChI is InChI=1S/C14H12F6N4O/c1-7(4-11(24-22)14(18,19)20)12(25)23-9-3-2-8(6-21)10(5-9)13(15,16)17/h2-3,5,7H,4,22H2,1H3,(H,23,25)/b24-11+. The highest BCUT2D eigenvalue weighted by molar-refractivity contribution is 5.98. The second-order valence-electron chi connectivity index (χ2n) is 5.04. The van der Waals surface area contributed by atoms with E-state index in [1.807, 2.05) is 0 Å². The number of benzene rings is 1. The van der Waals surface area contributed by atoms with Crippen molar-refractivity contribution in [3.63, 3.8) is 0 Å². The average Bonchev–Trinajstić information content (AvgIpc) is 2.50. The minimum atomic E-state index is -4.83. The van der Waals surface area contributed by atoms with Gasteiger partial charge in [-0.15, -0.1) is 0 Å². The molecule has 1 aromatic rings. The van der Waals surface area contributed by atoms with E-state index in [0.29, 0.717) is 6.07 Å². The molecule has 3 N–H and O–H groups in total. The minimum absolute atomic E-state index is 0.304. The van der Waals surface area contributed by atoms with Crippen molar-refractivity contribution in [2.45, 2.75) is 25.7 Å². The molecule has 0 spiro atoms. The van der Waals surface area contributed by atoms with Gasteiger partial charge >= 0.3 is 12.4 Å². The van der Waals surface area contributed by atoms with Crippen molar-refractivity contribution in [2.24, 2.45) is 16.9 Å². The second-order valence-corrected chi connectivity index (χ2v) is 5.04. The molecule has 0 bridgehead atoms. The molecule has 0 radical (unpaired) electrons. The number of nitrogens with zero attached hydrogens (tertiary/aromatic N) is 2. The molecular formula is C14H12F6N4O. The molecule has 1 atom stereocenters. The van der Waals surface area contributed by atoms with Crippen molar-refractivity contribution in [3.05, 3.63) is 29.3 Å². The van der Waals surface area contributed by atoms with Crippen LogP contribution in [-0.2, 0) is 11.0 Å². The molecule has 136 valence electrons. The third kappa shape index (κ3) is 5.37. The molecule has 25 heavy (non-hydrogen) atoms. The molecule has 0 aromatic heterocycles. The van der Waals surface area contributed by atoms with Gasteiger partial charge in [0.2, 0.25) is 5.91 Å². The summed E-state index contributed by atoms with van der Waals surface area (Å²) in [6, 6.07) is 3.80. The summed E-state index contributed by atoms with van der Waals surface area (Å²) in [6.45, 7) is 1.14. The van der Waals surface area contributed by atoms with Crippen LogP contribution in [0.3, 0.4) is 0 Å². The molecule has 0 saturated carbocycles. The number of alkyl halides is 6. The van der Waals surface area contributed by atoms with Crippen LogP contribution in [0.4, 0.5) is 32.0 Å². The Labute approximate surface area is 138 Å². The molecule has 11 heteroatoms. The van der Waals surface area contributed by atoms with Crippen molar-refractivity contribution in [3.8, 4) is 6.07 Å². The van der Waals surface area contributed by atoms with Crippen molar-refractivity contribution in [2.75, 3.05) is 5.32 Å². The number of halogens is 6. The summed E-state index contributed by atoms with van der Waals surface area (Å²) in [6.07, 6.45) is -10.5. The number of nitrogens with one attached hydrogen (secondary N) is 1. The van der Waals surface area contributed by atoms with E-state index in [4.69, 9.17) is 5.26 Å². The second kappa shape index (κ2) is 7.42. The quantitative estimate of drug-likeness (QED) is 0.370. The molecule has 0 fully saturated rings. The fourth-order valence-electron chi connectivity index (χ4n) is 1.84. The van der Waals surface area contributed by atoms with Gasteiger partial charge in [0.15, 0.2) is 0 Å². The number of rotatable bonds is 4. The summed E-state index contributed by atoms with van der Waals surface area (Å²) >= 11 is 0. The smallest absolute Gasteiger partial charge is 0.326 e. The van der Waals surface area contributed by atoms with Gasteiger partial charge in [0.1, 0.15) is 5.71 Å². The Balaban J connectivity index is 2.96. The summed E-state index contributed by atoms with van der Waals surface area (Å²) < 4.78 is 76.1. The maximum Gasteiger partial charge on any atom is 0.431 e. The van der Waals surface area contributed by atoms with E-state index >= 15 is 0 Å². The normalized spacial score (nSPS) is 13.9. The predicted octanol–water partition coefficient (Wildman–Crippen LogP) is 3.42. The molecule has 0 heterocycles. The summed E-state index contributed by atoms with van der Waals surface area (Å²) in [4.78, 5) is 11.9. The van der Waals surface area contributed by atoms with E-state index in [2.05, 4.69) is 16.3 Å². The van der Waals surface area contributed by atoms with E-state index in [1.165, 1.54) is 6.07 Å². The summed E-state index contributed by atoms with van der Waals surface area (Å²) in [7, 11) is 0. The van der Waals surface area contributed by atoms with Crippen molar-refractivity contribution < 1.29 is 31.1 Å². The molecular weight excluding hydrogens is 354 g/mol. The number of carbonyl (C=O) groups excluding carboxylic acids is 1.